The molecule has 3 aromatic carbocycles. The summed E-state index contributed by atoms with van der Waals surface area (Å²) < 4.78 is 19.9. The molecule has 0 aliphatic rings. The molecule has 6 nitrogen and oxygen atoms in total. The zero-order valence-electron chi connectivity index (χ0n) is 17.3. The summed E-state index contributed by atoms with van der Waals surface area (Å²) in [6, 6.07) is 20.4. The normalized spacial score (nSPS) is 11.1. The largest absolute Gasteiger partial charge is 0.465 e. The zero-order valence-corrected chi connectivity index (χ0v) is 17.3. The third kappa shape index (κ3) is 4.57. The van der Waals surface area contributed by atoms with Crippen LogP contribution in [0.1, 0.15) is 31.8 Å². The highest BCUT2D eigenvalue weighted by atomic mass is 19.1. The number of hydrazone groups is 1. The van der Waals surface area contributed by atoms with E-state index in [0.717, 1.165) is 22.0 Å². The highest BCUT2D eigenvalue weighted by molar-refractivity contribution is 6.00. The molecule has 0 aliphatic carbocycles. The maximum absolute atomic E-state index is 13.0. The van der Waals surface area contributed by atoms with Crippen molar-refractivity contribution in [2.45, 2.75) is 6.54 Å². The number of methoxy groups -OCH3 is 1. The van der Waals surface area contributed by atoms with Crippen molar-refractivity contribution in [1.29, 1.82) is 0 Å². The summed E-state index contributed by atoms with van der Waals surface area (Å²) in [6.07, 6.45) is 3.51. The van der Waals surface area contributed by atoms with Gasteiger partial charge in [0.25, 0.3) is 5.91 Å². The van der Waals surface area contributed by atoms with Gasteiger partial charge < -0.3 is 9.30 Å². The molecule has 0 aliphatic heterocycles. The SMILES string of the molecule is COC(=O)c1cccc(Cn2cc(/C=N\NC(=O)c3ccc(F)cc3)c3ccccc32)c1. The van der Waals surface area contributed by atoms with Gasteiger partial charge in [-0.3, -0.25) is 4.79 Å². The Hall–Kier alpha value is -4.26. The van der Waals surface area contributed by atoms with Gasteiger partial charge in [0, 0.05) is 34.8 Å². The quantitative estimate of drug-likeness (QED) is 0.281. The second-order valence-corrected chi connectivity index (χ2v) is 7.13. The van der Waals surface area contributed by atoms with Gasteiger partial charge in [0.15, 0.2) is 0 Å². The molecule has 1 aromatic heterocycles. The summed E-state index contributed by atoms with van der Waals surface area (Å²) in [7, 11) is 1.36. The highest BCUT2D eigenvalue weighted by Crippen LogP contribution is 2.21. The Bertz CT molecular complexity index is 1310. The van der Waals surface area contributed by atoms with Crippen LogP contribution in [0, 0.1) is 5.82 Å². The van der Waals surface area contributed by atoms with E-state index < -0.39 is 11.7 Å². The van der Waals surface area contributed by atoms with Gasteiger partial charge in [-0.2, -0.15) is 5.10 Å². The number of nitrogens with one attached hydrogen (secondary N) is 1. The minimum Gasteiger partial charge on any atom is -0.465 e. The van der Waals surface area contributed by atoms with Gasteiger partial charge in [-0.15, -0.1) is 0 Å². The zero-order chi connectivity index (χ0) is 22.5. The Morgan fingerprint density at radius 3 is 2.59 bits per heavy atom. The Morgan fingerprint density at radius 1 is 1.03 bits per heavy atom. The van der Waals surface area contributed by atoms with E-state index in [1.165, 1.54) is 31.4 Å². The van der Waals surface area contributed by atoms with E-state index in [-0.39, 0.29) is 5.97 Å². The van der Waals surface area contributed by atoms with E-state index in [1.54, 1.807) is 18.3 Å². The number of carbonyl (C=O) groups is 2. The van der Waals surface area contributed by atoms with Crippen LogP contribution in [0.5, 0.6) is 0 Å². The first-order valence-electron chi connectivity index (χ1n) is 9.89. The van der Waals surface area contributed by atoms with Crippen LogP contribution in [0.4, 0.5) is 4.39 Å². The predicted octanol–water partition coefficient (Wildman–Crippen LogP) is 4.38. The summed E-state index contributed by atoms with van der Waals surface area (Å²) >= 11 is 0. The maximum atomic E-state index is 13.0. The molecule has 160 valence electrons. The molecule has 0 saturated heterocycles. The van der Waals surface area contributed by atoms with E-state index in [9.17, 15) is 14.0 Å². The predicted molar refractivity (Wildman–Crippen MR) is 120 cm³/mol. The third-order valence-corrected chi connectivity index (χ3v) is 5.00. The van der Waals surface area contributed by atoms with Gasteiger partial charge in [0.2, 0.25) is 0 Å². The third-order valence-electron chi connectivity index (χ3n) is 5.00. The number of aromatic nitrogens is 1. The second kappa shape index (κ2) is 9.26. The minimum atomic E-state index is -0.426. The molecule has 7 heteroatoms. The molecular weight excluding hydrogens is 409 g/mol. The van der Waals surface area contributed by atoms with E-state index in [4.69, 9.17) is 4.74 Å². The lowest BCUT2D eigenvalue weighted by molar-refractivity contribution is 0.0600. The highest BCUT2D eigenvalue weighted by Gasteiger charge is 2.10. The molecule has 32 heavy (non-hydrogen) atoms. The Labute approximate surface area is 183 Å². The fraction of sp³-hybridized carbons (Fsp3) is 0.0800. The van der Waals surface area contributed by atoms with Gasteiger partial charge in [-0.05, 0) is 48.0 Å². The van der Waals surface area contributed by atoms with Crippen LogP contribution in [0.25, 0.3) is 10.9 Å². The Balaban J connectivity index is 1.56. The smallest absolute Gasteiger partial charge is 0.337 e. The summed E-state index contributed by atoms with van der Waals surface area (Å²) in [5, 5.41) is 5.04. The number of ether oxygens (including phenoxy) is 1. The van der Waals surface area contributed by atoms with Crippen LogP contribution in [-0.2, 0) is 11.3 Å². The fourth-order valence-corrected chi connectivity index (χ4v) is 3.45. The number of rotatable bonds is 6. The summed E-state index contributed by atoms with van der Waals surface area (Å²) in [6.45, 7) is 0.543. The van der Waals surface area contributed by atoms with E-state index in [2.05, 4.69) is 15.1 Å². The van der Waals surface area contributed by atoms with Gasteiger partial charge in [0.05, 0.1) is 18.9 Å². The minimum absolute atomic E-state index is 0.316. The van der Waals surface area contributed by atoms with Crippen LogP contribution in [0.3, 0.4) is 0 Å². The van der Waals surface area contributed by atoms with E-state index in [0.29, 0.717) is 17.7 Å². The molecule has 1 amide bonds. The lowest BCUT2D eigenvalue weighted by atomic mass is 10.1. The molecule has 4 aromatic rings. The molecule has 0 atom stereocenters. The standard InChI is InChI=1S/C25H20FN3O3/c1-32-25(31)19-6-4-5-17(13-19)15-29-16-20(22-7-2-3-8-23(22)29)14-27-28-24(30)18-9-11-21(26)12-10-18/h2-14,16H,15H2,1H3,(H,28,30)/b27-14-. The van der Waals surface area contributed by atoms with Gasteiger partial charge >= 0.3 is 5.97 Å². The number of halogens is 1. The summed E-state index contributed by atoms with van der Waals surface area (Å²) in [5.74, 6) is -1.21. The number of hydrogen-bond acceptors (Lipinski definition) is 4. The molecule has 0 fully saturated rings. The number of fused-ring (bicyclic) bond motifs is 1. The molecular formula is C25H20FN3O3. The Kier molecular flexibility index (Phi) is 6.07. The molecule has 4 rings (SSSR count). The number of para-hydroxylation sites is 1. The van der Waals surface area contributed by atoms with Crippen molar-refractivity contribution in [3.63, 3.8) is 0 Å². The molecule has 0 spiro atoms. The first-order valence-corrected chi connectivity index (χ1v) is 9.89. The lowest BCUT2D eigenvalue weighted by Gasteiger charge is -2.07. The van der Waals surface area contributed by atoms with Crippen molar-refractivity contribution in [3.8, 4) is 0 Å². The van der Waals surface area contributed by atoms with Crippen molar-refractivity contribution in [2.24, 2.45) is 5.10 Å². The molecule has 0 unspecified atom stereocenters. The van der Waals surface area contributed by atoms with Crippen molar-refractivity contribution in [3.05, 3.63) is 107 Å². The van der Waals surface area contributed by atoms with Gasteiger partial charge in [-0.1, -0.05) is 30.3 Å². The van der Waals surface area contributed by atoms with Crippen molar-refractivity contribution < 1.29 is 18.7 Å². The average Bonchev–Trinajstić information content (AvgIpc) is 3.16. The van der Waals surface area contributed by atoms with Crippen molar-refractivity contribution >= 4 is 29.0 Å². The lowest BCUT2D eigenvalue weighted by Crippen LogP contribution is -2.17. The van der Waals surface area contributed by atoms with Crippen LogP contribution in [0.15, 0.2) is 84.1 Å². The monoisotopic (exact) mass is 429 g/mol. The summed E-state index contributed by atoms with van der Waals surface area (Å²) in [4.78, 5) is 24.0. The molecule has 1 N–H and O–H groups in total. The molecule has 0 saturated carbocycles. The average molecular weight is 429 g/mol. The van der Waals surface area contributed by atoms with Crippen molar-refractivity contribution in [2.75, 3.05) is 7.11 Å². The van der Waals surface area contributed by atoms with Gasteiger partial charge in [0.1, 0.15) is 5.82 Å². The van der Waals surface area contributed by atoms with Crippen LogP contribution in [-0.4, -0.2) is 29.8 Å². The first-order chi connectivity index (χ1) is 15.5. The Morgan fingerprint density at radius 2 is 1.81 bits per heavy atom. The topological polar surface area (TPSA) is 72.7 Å². The molecule has 1 heterocycles. The summed E-state index contributed by atoms with van der Waals surface area (Å²) in [5.41, 5.74) is 6.03. The van der Waals surface area contributed by atoms with Gasteiger partial charge in [-0.25, -0.2) is 14.6 Å². The molecule has 0 radical (unpaired) electrons. The van der Waals surface area contributed by atoms with Crippen molar-refractivity contribution in [1.82, 2.24) is 9.99 Å². The van der Waals surface area contributed by atoms with E-state index >= 15 is 0 Å². The molecule has 0 bridgehead atoms. The number of esters is 1. The van der Waals surface area contributed by atoms with Crippen LogP contribution in [0.2, 0.25) is 0 Å². The van der Waals surface area contributed by atoms with E-state index in [1.807, 2.05) is 42.6 Å². The number of hydrogen-bond donors (Lipinski definition) is 1. The number of nitrogens with zero attached hydrogens (tertiary/aromatic N) is 2. The number of amides is 1. The van der Waals surface area contributed by atoms with Crippen LogP contribution < -0.4 is 5.43 Å². The van der Waals surface area contributed by atoms with Crippen LogP contribution >= 0.6 is 0 Å². The first kappa shape index (κ1) is 21.0. The number of carbonyl (C=O) groups excluding carboxylic acids is 2. The second-order valence-electron chi connectivity index (χ2n) is 7.13. The number of benzene rings is 3. The maximum Gasteiger partial charge on any atom is 0.337 e. The fourth-order valence-electron chi connectivity index (χ4n) is 3.45.